The van der Waals surface area contributed by atoms with Gasteiger partial charge < -0.3 is 0 Å². The molecule has 0 fully saturated rings. The zero-order chi connectivity index (χ0) is 12.8. The lowest BCUT2D eigenvalue weighted by atomic mass is 10.2. The minimum absolute atomic E-state index is 0.110. The number of nitrogens with one attached hydrogen (secondary N) is 1. The first-order chi connectivity index (χ1) is 8.75. The molecule has 92 valence electrons. The molecule has 2 aromatic rings. The first-order valence-corrected chi connectivity index (χ1v) is 6.39. The van der Waals surface area contributed by atoms with Gasteiger partial charge in [0, 0.05) is 22.8 Å². The van der Waals surface area contributed by atoms with Crippen LogP contribution in [0.25, 0.3) is 0 Å². The maximum absolute atomic E-state index is 11.6. The molecule has 0 saturated heterocycles. The second kappa shape index (κ2) is 6.07. The third kappa shape index (κ3) is 3.49. The Balaban J connectivity index is 1.92. The Hall–Kier alpha value is -2.01. The van der Waals surface area contributed by atoms with Gasteiger partial charge >= 0.3 is 0 Å². The van der Waals surface area contributed by atoms with Crippen LogP contribution >= 0.6 is 11.3 Å². The highest BCUT2D eigenvalue weighted by Crippen LogP contribution is 2.08. The Morgan fingerprint density at radius 3 is 3.00 bits per heavy atom. The molecule has 2 heterocycles. The zero-order valence-electron chi connectivity index (χ0n) is 9.96. The van der Waals surface area contributed by atoms with Crippen LogP contribution in [0.1, 0.15) is 17.4 Å². The summed E-state index contributed by atoms with van der Waals surface area (Å²) in [7, 11) is 0. The molecule has 1 amide bonds. The summed E-state index contributed by atoms with van der Waals surface area (Å²) in [5.74, 6) is -0.110. The Bertz CT molecular complexity index is 535. The van der Waals surface area contributed by atoms with Crippen molar-refractivity contribution >= 4 is 23.0 Å². The summed E-state index contributed by atoms with van der Waals surface area (Å²) in [5.41, 5.74) is 4.18. The van der Waals surface area contributed by atoms with Crippen LogP contribution in [0.3, 0.4) is 0 Å². The Kier molecular flexibility index (Phi) is 4.20. The summed E-state index contributed by atoms with van der Waals surface area (Å²) in [6.45, 7) is 1.84. The third-order valence-electron chi connectivity index (χ3n) is 2.34. The summed E-state index contributed by atoms with van der Waals surface area (Å²) in [6.07, 6.45) is 3.78. The minimum atomic E-state index is -0.110. The van der Waals surface area contributed by atoms with Crippen molar-refractivity contribution in [1.82, 2.24) is 10.4 Å². The molecule has 0 aromatic carbocycles. The summed E-state index contributed by atoms with van der Waals surface area (Å²) in [6, 6.07) is 7.60. The Morgan fingerprint density at radius 2 is 2.33 bits per heavy atom. The number of hydrogen-bond donors (Lipinski definition) is 1. The van der Waals surface area contributed by atoms with E-state index in [-0.39, 0.29) is 5.91 Å². The van der Waals surface area contributed by atoms with E-state index in [1.165, 1.54) is 0 Å². The van der Waals surface area contributed by atoms with Gasteiger partial charge in [-0.1, -0.05) is 12.1 Å². The average Bonchev–Trinajstić information content (AvgIpc) is 2.90. The largest absolute Gasteiger partial charge is 0.273 e. The molecule has 0 saturated carbocycles. The van der Waals surface area contributed by atoms with Crippen LogP contribution in [0.2, 0.25) is 0 Å². The van der Waals surface area contributed by atoms with Crippen molar-refractivity contribution in [2.45, 2.75) is 13.3 Å². The van der Waals surface area contributed by atoms with Gasteiger partial charge in [-0.05, 0) is 24.4 Å². The van der Waals surface area contributed by atoms with Crippen molar-refractivity contribution in [3.63, 3.8) is 0 Å². The maximum atomic E-state index is 11.6. The van der Waals surface area contributed by atoms with Gasteiger partial charge in [0.05, 0.1) is 12.1 Å². The van der Waals surface area contributed by atoms with Gasteiger partial charge in [0.25, 0.3) is 0 Å². The molecule has 2 aromatic heterocycles. The highest BCUT2D eigenvalue weighted by Gasteiger charge is 2.03. The second-order valence-electron chi connectivity index (χ2n) is 3.73. The summed E-state index contributed by atoms with van der Waals surface area (Å²) >= 11 is 1.56. The summed E-state index contributed by atoms with van der Waals surface area (Å²) in [4.78, 5) is 16.7. The minimum Gasteiger partial charge on any atom is -0.273 e. The third-order valence-corrected chi connectivity index (χ3v) is 3.22. The van der Waals surface area contributed by atoms with E-state index >= 15 is 0 Å². The van der Waals surface area contributed by atoms with Gasteiger partial charge in [-0.25, -0.2) is 5.43 Å². The van der Waals surface area contributed by atoms with E-state index in [9.17, 15) is 4.79 Å². The van der Waals surface area contributed by atoms with E-state index in [4.69, 9.17) is 0 Å². The van der Waals surface area contributed by atoms with Gasteiger partial charge in [-0.2, -0.15) is 5.10 Å². The standard InChI is InChI=1S/C13H13N3OS/c1-10(11-4-2-6-14-9-11)15-16-13(17)8-12-5-3-7-18-12/h2-7,9H,8H2,1H3,(H,16,17)/b15-10+. The van der Waals surface area contributed by atoms with Gasteiger partial charge in [0.1, 0.15) is 0 Å². The lowest BCUT2D eigenvalue weighted by molar-refractivity contribution is -0.120. The van der Waals surface area contributed by atoms with E-state index in [0.29, 0.717) is 6.42 Å². The van der Waals surface area contributed by atoms with Crippen molar-refractivity contribution in [2.75, 3.05) is 0 Å². The van der Waals surface area contributed by atoms with Crippen molar-refractivity contribution < 1.29 is 4.79 Å². The molecule has 0 bridgehead atoms. The smallest absolute Gasteiger partial charge is 0.245 e. The van der Waals surface area contributed by atoms with Gasteiger partial charge in [0.2, 0.25) is 5.91 Å². The fourth-order valence-electron chi connectivity index (χ4n) is 1.40. The molecule has 2 rings (SSSR count). The zero-order valence-corrected chi connectivity index (χ0v) is 10.8. The average molecular weight is 259 g/mol. The molecule has 0 unspecified atom stereocenters. The monoisotopic (exact) mass is 259 g/mol. The molecule has 0 spiro atoms. The first-order valence-electron chi connectivity index (χ1n) is 5.51. The lowest BCUT2D eigenvalue weighted by Crippen LogP contribution is -2.20. The number of nitrogens with zero attached hydrogens (tertiary/aromatic N) is 2. The summed E-state index contributed by atoms with van der Waals surface area (Å²) in [5, 5.41) is 6.01. The molecule has 0 atom stereocenters. The number of rotatable bonds is 4. The molecule has 1 N–H and O–H groups in total. The number of aromatic nitrogens is 1. The highest BCUT2D eigenvalue weighted by atomic mass is 32.1. The number of thiophene rings is 1. The van der Waals surface area contributed by atoms with E-state index in [0.717, 1.165) is 16.2 Å². The molecule has 5 heteroatoms. The molecule has 4 nitrogen and oxygen atoms in total. The molecule has 0 aliphatic carbocycles. The second-order valence-corrected chi connectivity index (χ2v) is 4.76. The van der Waals surface area contributed by atoms with Crippen LogP contribution in [0, 0.1) is 0 Å². The van der Waals surface area contributed by atoms with E-state index in [1.54, 1.807) is 23.7 Å². The Labute approximate surface area is 109 Å². The molecular formula is C13H13N3OS. The number of amides is 1. The normalized spacial score (nSPS) is 11.3. The fraction of sp³-hybridized carbons (Fsp3) is 0.154. The van der Waals surface area contributed by atoms with Crippen LogP contribution in [-0.2, 0) is 11.2 Å². The topological polar surface area (TPSA) is 54.4 Å². The van der Waals surface area contributed by atoms with Crippen molar-refractivity contribution in [1.29, 1.82) is 0 Å². The SMILES string of the molecule is C/C(=N\NC(=O)Cc1cccs1)c1cccnc1. The van der Waals surface area contributed by atoms with Gasteiger partial charge in [0.15, 0.2) is 0 Å². The predicted octanol–water partition coefficient (Wildman–Crippen LogP) is 2.23. The van der Waals surface area contributed by atoms with Crippen LogP contribution in [-0.4, -0.2) is 16.6 Å². The van der Waals surface area contributed by atoms with Crippen molar-refractivity contribution in [2.24, 2.45) is 5.10 Å². The molecule has 0 radical (unpaired) electrons. The van der Waals surface area contributed by atoms with Crippen LogP contribution in [0.4, 0.5) is 0 Å². The quantitative estimate of drug-likeness (QED) is 0.676. The van der Waals surface area contributed by atoms with Crippen LogP contribution in [0.5, 0.6) is 0 Å². The molecular weight excluding hydrogens is 246 g/mol. The van der Waals surface area contributed by atoms with Crippen LogP contribution < -0.4 is 5.43 Å². The van der Waals surface area contributed by atoms with E-state index < -0.39 is 0 Å². The maximum Gasteiger partial charge on any atom is 0.245 e. The van der Waals surface area contributed by atoms with Crippen molar-refractivity contribution in [3.8, 4) is 0 Å². The van der Waals surface area contributed by atoms with Gasteiger partial charge in [-0.15, -0.1) is 11.3 Å². The number of carbonyl (C=O) groups is 1. The summed E-state index contributed by atoms with van der Waals surface area (Å²) < 4.78 is 0. The van der Waals surface area contributed by atoms with Crippen LogP contribution in [0.15, 0.2) is 47.1 Å². The molecule has 18 heavy (non-hydrogen) atoms. The highest BCUT2D eigenvalue weighted by molar-refractivity contribution is 7.10. The van der Waals surface area contributed by atoms with Crippen molar-refractivity contribution in [3.05, 3.63) is 52.5 Å². The molecule has 0 aliphatic heterocycles. The first kappa shape index (κ1) is 12.4. The van der Waals surface area contributed by atoms with E-state index in [2.05, 4.69) is 15.5 Å². The number of pyridine rings is 1. The number of carbonyl (C=O) groups excluding carboxylic acids is 1. The van der Waals surface area contributed by atoms with E-state index in [1.807, 2.05) is 36.6 Å². The lowest BCUT2D eigenvalue weighted by Gasteiger charge is -2.01. The molecule has 0 aliphatic rings. The Morgan fingerprint density at radius 1 is 1.44 bits per heavy atom. The number of hydrogen-bond acceptors (Lipinski definition) is 4. The van der Waals surface area contributed by atoms with Gasteiger partial charge in [-0.3, -0.25) is 9.78 Å². The fourth-order valence-corrected chi connectivity index (χ4v) is 2.10. The number of hydrazone groups is 1. The predicted molar refractivity (Wildman–Crippen MR) is 72.6 cm³/mol.